The largest absolute Gasteiger partial charge is 0.354 e. The third-order valence-electron chi connectivity index (χ3n) is 4.61. The Hall–Kier alpha value is -2.37. The van der Waals surface area contributed by atoms with Gasteiger partial charge in [-0.1, -0.05) is 11.6 Å². The molecule has 0 unspecified atom stereocenters. The monoisotopic (exact) mass is 402 g/mol. The molecule has 7 heteroatoms. The number of rotatable bonds is 3. The summed E-state index contributed by atoms with van der Waals surface area (Å²) < 4.78 is 0. The normalized spacial score (nSPS) is 13.5. The molecule has 2 aromatic heterocycles. The van der Waals surface area contributed by atoms with Crippen molar-refractivity contribution >= 4 is 52.3 Å². The summed E-state index contributed by atoms with van der Waals surface area (Å²) in [6, 6.07) is 11.3. The summed E-state index contributed by atoms with van der Waals surface area (Å²) in [5.74, 6) is 0.00828. The van der Waals surface area contributed by atoms with Crippen molar-refractivity contribution in [3.63, 3.8) is 0 Å². The summed E-state index contributed by atoms with van der Waals surface area (Å²) in [5.41, 5.74) is 3.68. The number of aryl methyl sites for hydroxylation is 1. The van der Waals surface area contributed by atoms with E-state index in [2.05, 4.69) is 15.3 Å². The van der Waals surface area contributed by atoms with Gasteiger partial charge >= 0.3 is 0 Å². The number of hydrogen-bond acceptors (Lipinski definition) is 4. The number of nitrogens with zero attached hydrogens (tertiary/aromatic N) is 3. The Morgan fingerprint density at radius 1 is 1.11 bits per heavy atom. The van der Waals surface area contributed by atoms with E-state index in [-0.39, 0.29) is 18.3 Å². The van der Waals surface area contributed by atoms with Crippen molar-refractivity contribution in [3.05, 3.63) is 58.9 Å². The average Bonchev–Trinajstić information content (AvgIpc) is 3.18. The van der Waals surface area contributed by atoms with Crippen molar-refractivity contribution in [2.75, 3.05) is 18.4 Å². The van der Waals surface area contributed by atoms with Gasteiger partial charge in [-0.05, 0) is 56.2 Å². The number of pyridine rings is 2. The van der Waals surface area contributed by atoms with Crippen LogP contribution in [-0.2, 0) is 0 Å². The molecule has 5 nitrogen and oxygen atoms in total. The summed E-state index contributed by atoms with van der Waals surface area (Å²) in [4.78, 5) is 23.8. The first-order valence-electron chi connectivity index (χ1n) is 8.70. The standard InChI is InChI=1S/C20H19ClN4O.ClH/c1-13-4-9-16-18(24-15-7-5-14(21)6-8-15)17(12-22-19(16)23-13)20(26)25-10-2-3-11-25;/h4-9,12H,2-3,10-11H2,1H3,(H,22,23,24);1H. The molecule has 3 aromatic rings. The number of benzene rings is 1. The Balaban J connectivity index is 0.00000210. The minimum absolute atomic E-state index is 0. The van der Waals surface area contributed by atoms with E-state index in [9.17, 15) is 4.79 Å². The van der Waals surface area contributed by atoms with Gasteiger partial charge in [0.05, 0.1) is 11.3 Å². The molecule has 0 bridgehead atoms. The van der Waals surface area contributed by atoms with Crippen LogP contribution in [-0.4, -0.2) is 33.9 Å². The number of nitrogens with one attached hydrogen (secondary N) is 1. The van der Waals surface area contributed by atoms with Crippen LogP contribution >= 0.6 is 24.0 Å². The van der Waals surface area contributed by atoms with Crippen LogP contribution in [0, 0.1) is 6.92 Å². The van der Waals surface area contributed by atoms with Crippen LogP contribution in [0.4, 0.5) is 11.4 Å². The maximum Gasteiger partial charge on any atom is 0.257 e. The molecule has 1 aliphatic rings. The highest BCUT2D eigenvalue weighted by Gasteiger charge is 2.24. The van der Waals surface area contributed by atoms with E-state index in [1.165, 1.54) is 0 Å². The number of carbonyl (C=O) groups is 1. The number of likely N-dealkylation sites (tertiary alicyclic amines) is 1. The lowest BCUT2D eigenvalue weighted by molar-refractivity contribution is 0.0793. The molecule has 1 amide bonds. The van der Waals surface area contributed by atoms with E-state index in [0.717, 1.165) is 48.4 Å². The van der Waals surface area contributed by atoms with E-state index >= 15 is 0 Å². The van der Waals surface area contributed by atoms with Crippen molar-refractivity contribution in [2.45, 2.75) is 19.8 Å². The molecule has 1 N–H and O–H groups in total. The van der Waals surface area contributed by atoms with Crippen molar-refractivity contribution in [1.82, 2.24) is 14.9 Å². The highest BCUT2D eigenvalue weighted by molar-refractivity contribution is 6.30. The molecule has 0 aliphatic carbocycles. The average molecular weight is 403 g/mol. The second-order valence-corrected chi connectivity index (χ2v) is 6.94. The van der Waals surface area contributed by atoms with E-state index in [1.807, 2.05) is 48.2 Å². The Morgan fingerprint density at radius 2 is 1.81 bits per heavy atom. The zero-order chi connectivity index (χ0) is 18.1. The fraction of sp³-hybridized carbons (Fsp3) is 0.250. The van der Waals surface area contributed by atoms with E-state index in [1.54, 1.807) is 6.20 Å². The van der Waals surface area contributed by atoms with Crippen molar-refractivity contribution in [3.8, 4) is 0 Å². The maximum atomic E-state index is 13.0. The van der Waals surface area contributed by atoms with E-state index in [4.69, 9.17) is 11.6 Å². The molecule has 1 fully saturated rings. The van der Waals surface area contributed by atoms with Crippen molar-refractivity contribution in [2.24, 2.45) is 0 Å². The quantitative estimate of drug-likeness (QED) is 0.669. The molecular weight excluding hydrogens is 383 g/mol. The van der Waals surface area contributed by atoms with Crippen LogP contribution in [0.5, 0.6) is 0 Å². The second-order valence-electron chi connectivity index (χ2n) is 6.50. The predicted octanol–water partition coefficient (Wildman–Crippen LogP) is 4.99. The lowest BCUT2D eigenvalue weighted by Crippen LogP contribution is -2.28. The molecule has 1 aliphatic heterocycles. The van der Waals surface area contributed by atoms with Gasteiger partial charge in [-0.3, -0.25) is 4.79 Å². The Morgan fingerprint density at radius 3 is 2.52 bits per heavy atom. The maximum absolute atomic E-state index is 13.0. The first kappa shape index (κ1) is 19.4. The van der Waals surface area contributed by atoms with E-state index < -0.39 is 0 Å². The second kappa shape index (κ2) is 8.11. The van der Waals surface area contributed by atoms with Crippen LogP contribution in [0.25, 0.3) is 11.0 Å². The molecule has 0 radical (unpaired) electrons. The number of amides is 1. The molecule has 0 atom stereocenters. The zero-order valence-corrected chi connectivity index (χ0v) is 16.5. The summed E-state index contributed by atoms with van der Waals surface area (Å²) in [7, 11) is 0. The molecule has 27 heavy (non-hydrogen) atoms. The van der Waals surface area contributed by atoms with Gasteiger partial charge in [0.25, 0.3) is 5.91 Å². The predicted molar refractivity (Wildman–Crippen MR) is 111 cm³/mol. The van der Waals surface area contributed by atoms with Crippen LogP contribution in [0.3, 0.4) is 0 Å². The molecule has 1 saturated heterocycles. The Labute approximate surface area is 169 Å². The van der Waals surface area contributed by atoms with Crippen LogP contribution < -0.4 is 5.32 Å². The van der Waals surface area contributed by atoms with Gasteiger partial charge in [-0.25, -0.2) is 9.97 Å². The van der Waals surface area contributed by atoms with Gasteiger partial charge in [0.1, 0.15) is 0 Å². The third-order valence-corrected chi connectivity index (χ3v) is 4.86. The van der Waals surface area contributed by atoms with Gasteiger partial charge in [0, 0.05) is 41.1 Å². The highest BCUT2D eigenvalue weighted by Crippen LogP contribution is 2.30. The Bertz CT molecular complexity index is 970. The Kier molecular flexibility index (Phi) is 5.82. The molecule has 140 valence electrons. The number of fused-ring (bicyclic) bond motifs is 1. The fourth-order valence-corrected chi connectivity index (χ4v) is 3.36. The van der Waals surface area contributed by atoms with Crippen molar-refractivity contribution < 1.29 is 4.79 Å². The lowest BCUT2D eigenvalue weighted by Gasteiger charge is -2.19. The molecular formula is C20H20Cl2N4O. The molecule has 4 rings (SSSR count). The first-order chi connectivity index (χ1) is 12.6. The molecule has 0 spiro atoms. The molecule has 0 saturated carbocycles. The van der Waals surface area contributed by atoms with Gasteiger partial charge in [0.15, 0.2) is 5.65 Å². The van der Waals surface area contributed by atoms with E-state index in [0.29, 0.717) is 16.2 Å². The number of aromatic nitrogens is 2. The zero-order valence-electron chi connectivity index (χ0n) is 14.9. The van der Waals surface area contributed by atoms with Gasteiger partial charge < -0.3 is 10.2 Å². The summed E-state index contributed by atoms with van der Waals surface area (Å²) >= 11 is 5.99. The lowest BCUT2D eigenvalue weighted by atomic mass is 10.1. The number of hydrogen-bond donors (Lipinski definition) is 1. The number of carbonyl (C=O) groups excluding carboxylic acids is 1. The number of halogens is 2. The minimum atomic E-state index is 0. The topological polar surface area (TPSA) is 58.1 Å². The van der Waals surface area contributed by atoms with Crippen LogP contribution in [0.15, 0.2) is 42.6 Å². The smallest absolute Gasteiger partial charge is 0.257 e. The van der Waals surface area contributed by atoms with Crippen molar-refractivity contribution in [1.29, 1.82) is 0 Å². The summed E-state index contributed by atoms with van der Waals surface area (Å²) in [6.45, 7) is 3.52. The minimum Gasteiger partial charge on any atom is -0.354 e. The fourth-order valence-electron chi connectivity index (χ4n) is 3.24. The van der Waals surface area contributed by atoms with Gasteiger partial charge in [-0.2, -0.15) is 0 Å². The highest BCUT2D eigenvalue weighted by atomic mass is 35.5. The first-order valence-corrected chi connectivity index (χ1v) is 9.08. The SMILES string of the molecule is Cc1ccc2c(Nc3ccc(Cl)cc3)c(C(=O)N3CCCC3)cnc2n1.Cl. The van der Waals surface area contributed by atoms with Gasteiger partial charge in [0.2, 0.25) is 0 Å². The summed E-state index contributed by atoms with van der Waals surface area (Å²) in [6.07, 6.45) is 3.73. The number of anilines is 2. The molecule has 1 aromatic carbocycles. The van der Waals surface area contributed by atoms with Crippen LogP contribution in [0.1, 0.15) is 28.9 Å². The molecule has 3 heterocycles. The van der Waals surface area contributed by atoms with Crippen LogP contribution in [0.2, 0.25) is 5.02 Å². The third kappa shape index (κ3) is 3.99. The summed E-state index contributed by atoms with van der Waals surface area (Å²) in [5, 5.41) is 4.88. The van der Waals surface area contributed by atoms with Gasteiger partial charge in [-0.15, -0.1) is 12.4 Å².